The molecule has 1 rings (SSSR count). The second kappa shape index (κ2) is 7.82. The van der Waals surface area contributed by atoms with E-state index in [1.807, 2.05) is 0 Å². The van der Waals surface area contributed by atoms with Gasteiger partial charge in [-0.1, -0.05) is 0 Å². The first-order valence-electron chi connectivity index (χ1n) is 6.38. The van der Waals surface area contributed by atoms with Crippen molar-refractivity contribution in [3.8, 4) is 0 Å². The summed E-state index contributed by atoms with van der Waals surface area (Å²) in [4.78, 5) is 41.3. The van der Waals surface area contributed by atoms with E-state index >= 15 is 0 Å². The second-order valence-corrected chi connectivity index (χ2v) is 6.33. The van der Waals surface area contributed by atoms with E-state index in [4.69, 9.17) is 19.6 Å². The SMILES string of the molecule is Cc1cn(CCOCP(=O)(O)O)c(=O)n(CC(O)CO)c1=O. The number of nitrogens with zero attached hydrogens (tertiary/aromatic N) is 2. The number of hydrogen-bond donors (Lipinski definition) is 4. The summed E-state index contributed by atoms with van der Waals surface area (Å²) >= 11 is 0. The molecule has 0 aromatic carbocycles. The van der Waals surface area contributed by atoms with Crippen molar-refractivity contribution >= 4 is 7.60 Å². The van der Waals surface area contributed by atoms with Crippen molar-refractivity contribution in [3.63, 3.8) is 0 Å². The Morgan fingerprint density at radius 3 is 2.55 bits per heavy atom. The molecule has 0 radical (unpaired) electrons. The van der Waals surface area contributed by atoms with Gasteiger partial charge in [0.1, 0.15) is 6.35 Å². The Labute approximate surface area is 125 Å². The van der Waals surface area contributed by atoms with E-state index in [1.165, 1.54) is 13.1 Å². The molecular formula is C11H19N2O8P. The van der Waals surface area contributed by atoms with Crippen LogP contribution >= 0.6 is 7.60 Å². The van der Waals surface area contributed by atoms with Gasteiger partial charge in [0.2, 0.25) is 0 Å². The predicted octanol–water partition coefficient (Wildman–Crippen LogP) is -2.18. The Bertz CT molecular complexity index is 661. The van der Waals surface area contributed by atoms with E-state index in [-0.39, 0.29) is 25.3 Å². The molecule has 0 saturated carbocycles. The zero-order chi connectivity index (χ0) is 16.9. The average molecular weight is 338 g/mol. The highest BCUT2D eigenvalue weighted by molar-refractivity contribution is 7.51. The van der Waals surface area contributed by atoms with E-state index in [1.54, 1.807) is 0 Å². The Hall–Kier alpha value is -1.29. The van der Waals surface area contributed by atoms with Crippen LogP contribution in [0.4, 0.5) is 0 Å². The zero-order valence-electron chi connectivity index (χ0n) is 12.0. The van der Waals surface area contributed by atoms with Crippen molar-refractivity contribution in [1.29, 1.82) is 0 Å². The van der Waals surface area contributed by atoms with Crippen LogP contribution in [0, 0.1) is 6.92 Å². The number of aryl methyl sites for hydroxylation is 1. The molecule has 1 atom stereocenters. The highest BCUT2D eigenvalue weighted by Gasteiger charge is 2.14. The number of aliphatic hydroxyl groups is 2. The molecule has 0 fully saturated rings. The average Bonchev–Trinajstić information content (AvgIpc) is 2.43. The van der Waals surface area contributed by atoms with Crippen molar-refractivity contribution in [3.05, 3.63) is 32.6 Å². The topological polar surface area (TPSA) is 151 Å². The number of aliphatic hydroxyl groups excluding tert-OH is 2. The highest BCUT2D eigenvalue weighted by Crippen LogP contribution is 2.33. The molecule has 0 aliphatic rings. The second-order valence-electron chi connectivity index (χ2n) is 4.74. The van der Waals surface area contributed by atoms with Gasteiger partial charge in [0.25, 0.3) is 5.56 Å². The zero-order valence-corrected chi connectivity index (χ0v) is 12.8. The number of rotatable bonds is 8. The van der Waals surface area contributed by atoms with E-state index in [0.29, 0.717) is 0 Å². The summed E-state index contributed by atoms with van der Waals surface area (Å²) in [5.41, 5.74) is -1.03. The minimum absolute atomic E-state index is 0.0187. The summed E-state index contributed by atoms with van der Waals surface area (Å²) in [6.45, 7) is 0.390. The maximum atomic E-state index is 12.1. The van der Waals surface area contributed by atoms with Gasteiger partial charge in [-0.2, -0.15) is 0 Å². The van der Waals surface area contributed by atoms with Gasteiger partial charge in [-0.25, -0.2) is 4.79 Å². The summed E-state index contributed by atoms with van der Waals surface area (Å²) < 4.78 is 17.3. The van der Waals surface area contributed by atoms with E-state index < -0.39 is 37.9 Å². The van der Waals surface area contributed by atoms with Gasteiger partial charge in [0.05, 0.1) is 32.4 Å². The standard InChI is InChI=1S/C11H19N2O8P/c1-8-4-12(2-3-21-7-22(18,19)20)11(17)13(10(8)16)5-9(15)6-14/h4,9,14-15H,2-3,5-7H2,1H3,(H2,18,19,20). The third kappa shape index (κ3) is 5.48. The largest absolute Gasteiger partial charge is 0.394 e. The van der Waals surface area contributed by atoms with Crippen molar-refractivity contribution in [2.75, 3.05) is 19.6 Å². The van der Waals surface area contributed by atoms with E-state index in [2.05, 4.69) is 0 Å². The minimum Gasteiger partial charge on any atom is -0.394 e. The van der Waals surface area contributed by atoms with Crippen LogP contribution in [0.1, 0.15) is 5.56 Å². The lowest BCUT2D eigenvalue weighted by Gasteiger charge is -2.14. The van der Waals surface area contributed by atoms with Crippen molar-refractivity contribution in [2.24, 2.45) is 0 Å². The van der Waals surface area contributed by atoms with Crippen LogP contribution in [0.5, 0.6) is 0 Å². The van der Waals surface area contributed by atoms with Gasteiger partial charge in [-0.05, 0) is 6.92 Å². The van der Waals surface area contributed by atoms with Crippen LogP contribution in [0.15, 0.2) is 15.8 Å². The van der Waals surface area contributed by atoms with E-state index in [9.17, 15) is 19.3 Å². The summed E-state index contributed by atoms with van der Waals surface area (Å²) in [6.07, 6.45) is -0.705. The van der Waals surface area contributed by atoms with Crippen LogP contribution in [-0.4, -0.2) is 54.8 Å². The molecular weight excluding hydrogens is 319 g/mol. The maximum Gasteiger partial charge on any atom is 0.350 e. The molecule has 0 aliphatic heterocycles. The lowest BCUT2D eigenvalue weighted by atomic mass is 10.3. The fraction of sp³-hybridized carbons (Fsp3) is 0.636. The smallest absolute Gasteiger partial charge is 0.350 e. The Kier molecular flexibility index (Phi) is 6.66. The van der Waals surface area contributed by atoms with Crippen molar-refractivity contribution in [2.45, 2.75) is 26.1 Å². The Morgan fingerprint density at radius 1 is 1.36 bits per heavy atom. The molecule has 1 aromatic heterocycles. The highest BCUT2D eigenvalue weighted by atomic mass is 31.2. The lowest BCUT2D eigenvalue weighted by molar-refractivity contribution is 0.0785. The lowest BCUT2D eigenvalue weighted by Crippen LogP contribution is -2.44. The third-order valence-corrected chi connectivity index (χ3v) is 3.27. The first kappa shape index (κ1) is 18.8. The van der Waals surface area contributed by atoms with Crippen LogP contribution in [0.3, 0.4) is 0 Å². The van der Waals surface area contributed by atoms with E-state index in [0.717, 1.165) is 9.13 Å². The maximum absolute atomic E-state index is 12.1. The summed E-state index contributed by atoms with van der Waals surface area (Å²) in [5.74, 6) is 0. The first-order valence-corrected chi connectivity index (χ1v) is 8.17. The number of hydrogen-bond acceptors (Lipinski definition) is 6. The van der Waals surface area contributed by atoms with Crippen LogP contribution in [0.25, 0.3) is 0 Å². The monoisotopic (exact) mass is 338 g/mol. The summed E-state index contributed by atoms with van der Waals surface area (Å²) in [7, 11) is -4.27. The predicted molar refractivity (Wildman–Crippen MR) is 75.7 cm³/mol. The van der Waals surface area contributed by atoms with Gasteiger partial charge < -0.3 is 24.7 Å². The van der Waals surface area contributed by atoms with Gasteiger partial charge in [-0.3, -0.25) is 18.5 Å². The Morgan fingerprint density at radius 2 is 2.00 bits per heavy atom. The van der Waals surface area contributed by atoms with Crippen LogP contribution in [-0.2, 0) is 22.4 Å². The molecule has 11 heteroatoms. The van der Waals surface area contributed by atoms with Crippen molar-refractivity contribution in [1.82, 2.24) is 9.13 Å². The molecule has 1 heterocycles. The summed E-state index contributed by atoms with van der Waals surface area (Å²) in [6, 6.07) is 0. The quantitative estimate of drug-likeness (QED) is 0.309. The molecule has 0 aliphatic carbocycles. The first-order chi connectivity index (χ1) is 10.2. The fourth-order valence-electron chi connectivity index (χ4n) is 1.74. The molecule has 0 amide bonds. The molecule has 126 valence electrons. The van der Waals surface area contributed by atoms with Gasteiger partial charge in [0, 0.05) is 11.8 Å². The third-order valence-electron chi connectivity index (χ3n) is 2.75. The van der Waals surface area contributed by atoms with Crippen LogP contribution < -0.4 is 11.2 Å². The number of ether oxygens (including phenoxy) is 1. The molecule has 0 saturated heterocycles. The molecule has 0 bridgehead atoms. The minimum atomic E-state index is -4.27. The Balaban J connectivity index is 2.90. The molecule has 1 aromatic rings. The van der Waals surface area contributed by atoms with Gasteiger partial charge in [-0.15, -0.1) is 0 Å². The van der Waals surface area contributed by atoms with Gasteiger partial charge >= 0.3 is 13.3 Å². The van der Waals surface area contributed by atoms with Crippen molar-refractivity contribution < 1.29 is 29.3 Å². The molecule has 4 N–H and O–H groups in total. The summed E-state index contributed by atoms with van der Waals surface area (Å²) in [5, 5.41) is 18.2. The molecule has 1 unspecified atom stereocenters. The molecule has 10 nitrogen and oxygen atoms in total. The van der Waals surface area contributed by atoms with Crippen LogP contribution in [0.2, 0.25) is 0 Å². The van der Waals surface area contributed by atoms with Gasteiger partial charge in [0.15, 0.2) is 0 Å². The molecule has 22 heavy (non-hydrogen) atoms. The fourth-order valence-corrected chi connectivity index (χ4v) is 2.10. The molecule has 0 spiro atoms. The number of aromatic nitrogens is 2. The normalized spacial score (nSPS) is 13.3.